The van der Waals surface area contributed by atoms with Gasteiger partial charge in [0.2, 0.25) is 0 Å². The van der Waals surface area contributed by atoms with Crippen molar-refractivity contribution in [3.05, 3.63) is 53.7 Å². The fourth-order valence-corrected chi connectivity index (χ4v) is 7.46. The van der Waals surface area contributed by atoms with E-state index in [1.165, 1.54) is 10.8 Å². The lowest BCUT2D eigenvalue weighted by molar-refractivity contribution is -0.142. The molecule has 15 heteroatoms. The zero-order valence-electron chi connectivity index (χ0n) is 32.3. The smallest absolute Gasteiger partial charge is 0.410 e. The standard InChI is InChI=1S/C40H53N7O8/c1-40(2,3)55-39(50)47-17-16-46(23-29(47)12-14-41)37-33-13-15-45(35-11-7-9-28-8-5-6-10-32(28)35)25-34(33)42-38(43-37)54-26-30-22-31(24-44(30)4)53-21-20-51-18-19-52-27-36(48)49/h5-11,29-31H,12-13,15-27H2,1-4H3,(H,48,49)/t29?,30-,31+/m0/s1. The van der Waals surface area contributed by atoms with Crippen LogP contribution in [-0.4, -0.2) is 140 Å². The molecule has 2 saturated heterocycles. The van der Waals surface area contributed by atoms with Gasteiger partial charge in [0.05, 0.1) is 63.3 Å². The number of piperazine rings is 1. The van der Waals surface area contributed by atoms with Gasteiger partial charge in [0.25, 0.3) is 0 Å². The van der Waals surface area contributed by atoms with Crippen molar-refractivity contribution in [1.82, 2.24) is 19.8 Å². The van der Waals surface area contributed by atoms with E-state index in [1.54, 1.807) is 4.90 Å². The number of hydrogen-bond donors (Lipinski definition) is 1. The number of nitriles is 1. The molecule has 0 aliphatic carbocycles. The zero-order chi connectivity index (χ0) is 39.0. The van der Waals surface area contributed by atoms with E-state index in [0.29, 0.717) is 58.6 Å². The molecule has 0 bridgehead atoms. The second-order valence-corrected chi connectivity index (χ2v) is 15.3. The molecule has 1 unspecified atom stereocenters. The lowest BCUT2D eigenvalue weighted by Crippen LogP contribution is -2.56. The molecule has 3 atom stereocenters. The van der Waals surface area contributed by atoms with Gasteiger partial charge in [0, 0.05) is 55.4 Å². The van der Waals surface area contributed by atoms with Crippen LogP contribution in [0.4, 0.5) is 16.3 Å². The molecular weight excluding hydrogens is 706 g/mol. The summed E-state index contributed by atoms with van der Waals surface area (Å²) in [4.78, 5) is 42.2. The van der Waals surface area contributed by atoms with Gasteiger partial charge in [0.15, 0.2) is 0 Å². The molecule has 3 aliphatic heterocycles. The number of amides is 1. The van der Waals surface area contributed by atoms with E-state index in [0.717, 1.165) is 48.7 Å². The molecule has 15 nitrogen and oxygen atoms in total. The van der Waals surface area contributed by atoms with Crippen molar-refractivity contribution >= 4 is 34.3 Å². The number of aliphatic carboxylic acids is 1. The van der Waals surface area contributed by atoms with Gasteiger partial charge in [-0.1, -0.05) is 36.4 Å². The summed E-state index contributed by atoms with van der Waals surface area (Å²) in [5.74, 6) is -0.214. The quantitative estimate of drug-likeness (QED) is 0.220. The number of hydrogen-bond acceptors (Lipinski definition) is 13. The number of aromatic nitrogens is 2. The summed E-state index contributed by atoms with van der Waals surface area (Å²) in [7, 11) is 2.05. The Balaban J connectivity index is 1.16. The molecule has 6 rings (SSSR count). The molecule has 2 aromatic carbocycles. The first-order valence-corrected chi connectivity index (χ1v) is 19.0. The van der Waals surface area contributed by atoms with E-state index in [9.17, 15) is 14.9 Å². The Morgan fingerprint density at radius 3 is 2.53 bits per heavy atom. The van der Waals surface area contributed by atoms with Crippen LogP contribution in [0.25, 0.3) is 10.8 Å². The first-order valence-electron chi connectivity index (χ1n) is 19.0. The zero-order valence-corrected chi connectivity index (χ0v) is 32.3. The second-order valence-electron chi connectivity index (χ2n) is 15.3. The van der Waals surface area contributed by atoms with Crippen LogP contribution in [0.2, 0.25) is 0 Å². The van der Waals surface area contributed by atoms with Crippen LogP contribution in [0.5, 0.6) is 6.01 Å². The predicted molar refractivity (Wildman–Crippen MR) is 205 cm³/mol. The highest BCUT2D eigenvalue weighted by atomic mass is 16.6. The van der Waals surface area contributed by atoms with Crippen LogP contribution in [0.15, 0.2) is 42.5 Å². The summed E-state index contributed by atoms with van der Waals surface area (Å²) in [5.41, 5.74) is 2.48. The maximum absolute atomic E-state index is 13.2. The van der Waals surface area contributed by atoms with E-state index >= 15 is 0 Å². The van der Waals surface area contributed by atoms with Crippen molar-refractivity contribution in [2.24, 2.45) is 0 Å². The average molecular weight is 760 g/mol. The van der Waals surface area contributed by atoms with Crippen molar-refractivity contribution in [3.63, 3.8) is 0 Å². The monoisotopic (exact) mass is 759 g/mol. The van der Waals surface area contributed by atoms with E-state index in [1.807, 2.05) is 27.8 Å². The van der Waals surface area contributed by atoms with Crippen molar-refractivity contribution < 1.29 is 38.4 Å². The van der Waals surface area contributed by atoms with Gasteiger partial charge < -0.3 is 43.5 Å². The van der Waals surface area contributed by atoms with Gasteiger partial charge in [-0.05, 0) is 52.1 Å². The number of likely N-dealkylation sites (N-methyl/N-ethyl adjacent to an activating group) is 1. The van der Waals surface area contributed by atoms with Gasteiger partial charge in [-0.2, -0.15) is 15.2 Å². The number of benzene rings is 2. The van der Waals surface area contributed by atoms with Gasteiger partial charge in [-0.3, -0.25) is 4.90 Å². The largest absolute Gasteiger partial charge is 0.480 e. The lowest BCUT2D eigenvalue weighted by atomic mass is 10.0. The summed E-state index contributed by atoms with van der Waals surface area (Å²) < 4.78 is 28.7. The number of nitrogens with zero attached hydrogens (tertiary/aromatic N) is 7. The molecule has 0 spiro atoms. The van der Waals surface area contributed by atoms with Crippen LogP contribution < -0.4 is 14.5 Å². The first-order chi connectivity index (χ1) is 26.5. The number of rotatable bonds is 15. The number of likely N-dealkylation sites (tertiary alicyclic amines) is 1. The summed E-state index contributed by atoms with van der Waals surface area (Å²) in [5, 5.41) is 20.8. The molecule has 1 N–H and O–H groups in total. The van der Waals surface area contributed by atoms with Crippen LogP contribution in [0.1, 0.15) is 44.9 Å². The minimum absolute atomic E-state index is 0.0121. The van der Waals surface area contributed by atoms with E-state index < -0.39 is 17.7 Å². The van der Waals surface area contributed by atoms with Gasteiger partial charge in [-0.25, -0.2) is 9.59 Å². The molecule has 4 heterocycles. The third-order valence-electron chi connectivity index (χ3n) is 10.1. The number of anilines is 2. The second kappa shape index (κ2) is 18.3. The van der Waals surface area contributed by atoms with E-state index in [2.05, 4.69) is 63.2 Å². The Morgan fingerprint density at radius 2 is 1.73 bits per heavy atom. The molecule has 0 saturated carbocycles. The molecule has 1 amide bonds. The number of carboxylic acids is 1. The van der Waals surface area contributed by atoms with Crippen LogP contribution in [0.3, 0.4) is 0 Å². The Hall–Kier alpha value is -4.75. The van der Waals surface area contributed by atoms with Crippen molar-refractivity contribution in [2.75, 3.05) is 89.2 Å². The fraction of sp³-hybridized carbons (Fsp3) is 0.575. The number of carboxylic acid groups (broad SMARTS) is 1. The topological polar surface area (TPSA) is 163 Å². The van der Waals surface area contributed by atoms with Gasteiger partial charge in [0.1, 0.15) is 24.6 Å². The maximum atomic E-state index is 13.2. The summed E-state index contributed by atoms with van der Waals surface area (Å²) in [6, 6.07) is 17.1. The summed E-state index contributed by atoms with van der Waals surface area (Å²) in [6.07, 6.45) is 1.27. The third-order valence-corrected chi connectivity index (χ3v) is 10.1. The Morgan fingerprint density at radius 1 is 0.945 bits per heavy atom. The molecule has 1 aromatic heterocycles. The Labute approximate surface area is 322 Å². The van der Waals surface area contributed by atoms with E-state index in [-0.39, 0.29) is 37.8 Å². The fourth-order valence-electron chi connectivity index (χ4n) is 7.46. The molecule has 0 radical (unpaired) electrons. The van der Waals surface area contributed by atoms with Crippen LogP contribution >= 0.6 is 0 Å². The predicted octanol–water partition coefficient (Wildman–Crippen LogP) is 4.12. The van der Waals surface area contributed by atoms with Gasteiger partial charge in [-0.15, -0.1) is 0 Å². The van der Waals surface area contributed by atoms with E-state index in [4.69, 9.17) is 38.8 Å². The highest BCUT2D eigenvalue weighted by molar-refractivity contribution is 5.94. The van der Waals surface area contributed by atoms with Gasteiger partial charge >= 0.3 is 18.1 Å². The SMILES string of the molecule is CN1C[C@H](OCCOCCOCC(=O)O)C[C@H]1COc1nc2c(c(N3CCN(C(=O)OC(C)(C)C)C(CC#N)C3)n1)CCN(c1cccc3ccccc13)C2. The molecule has 3 aliphatic rings. The number of carbonyl (C=O) groups excluding carboxylic acids is 1. The van der Waals surface area contributed by atoms with Crippen LogP contribution in [-0.2, 0) is 36.7 Å². The molecule has 3 aromatic rings. The molecule has 55 heavy (non-hydrogen) atoms. The average Bonchev–Trinajstić information content (AvgIpc) is 3.51. The normalized spacial score (nSPS) is 20.3. The Bertz CT molecular complexity index is 1830. The Kier molecular flexibility index (Phi) is 13.3. The maximum Gasteiger partial charge on any atom is 0.410 e. The summed E-state index contributed by atoms with van der Waals surface area (Å²) in [6.45, 7) is 10.4. The summed E-state index contributed by atoms with van der Waals surface area (Å²) >= 11 is 0. The van der Waals surface area contributed by atoms with Crippen molar-refractivity contribution in [1.29, 1.82) is 5.26 Å². The minimum Gasteiger partial charge on any atom is -0.480 e. The van der Waals surface area contributed by atoms with Crippen molar-refractivity contribution in [3.8, 4) is 12.1 Å². The highest BCUT2D eigenvalue weighted by Crippen LogP contribution is 2.35. The first kappa shape index (κ1) is 39.9. The highest BCUT2D eigenvalue weighted by Gasteiger charge is 2.36. The van der Waals surface area contributed by atoms with Crippen molar-refractivity contribution in [2.45, 2.75) is 70.4 Å². The molecular formula is C40H53N7O8. The third kappa shape index (κ3) is 10.5. The number of fused-ring (bicyclic) bond motifs is 2. The number of ether oxygens (including phenoxy) is 5. The van der Waals surface area contributed by atoms with Crippen LogP contribution in [0, 0.1) is 11.3 Å². The minimum atomic E-state index is -1.00. The molecule has 296 valence electrons. The number of carbonyl (C=O) groups is 2. The lowest BCUT2D eigenvalue weighted by Gasteiger charge is -2.42. The molecule has 2 fully saturated rings.